The SMILES string of the molecule is CC(c1ccccc1)N1C(=O)c2ccccc2C1c1cnc2c(N)nc(C(F)(F)F)cn12. The van der Waals surface area contributed by atoms with Gasteiger partial charge < -0.3 is 10.6 Å². The number of alkyl halides is 3. The van der Waals surface area contributed by atoms with Gasteiger partial charge in [0.25, 0.3) is 5.91 Å². The molecule has 0 bridgehead atoms. The van der Waals surface area contributed by atoms with Crippen molar-refractivity contribution in [3.8, 4) is 0 Å². The van der Waals surface area contributed by atoms with Crippen molar-refractivity contribution in [2.45, 2.75) is 25.2 Å². The van der Waals surface area contributed by atoms with Gasteiger partial charge in [-0.1, -0.05) is 48.5 Å². The van der Waals surface area contributed by atoms with E-state index in [-0.39, 0.29) is 23.4 Å². The molecule has 0 aliphatic carbocycles. The quantitative estimate of drug-likeness (QED) is 0.507. The topological polar surface area (TPSA) is 76.5 Å². The van der Waals surface area contributed by atoms with Gasteiger partial charge >= 0.3 is 6.18 Å². The Morgan fingerprint density at radius 2 is 1.75 bits per heavy atom. The van der Waals surface area contributed by atoms with Crippen molar-refractivity contribution in [1.29, 1.82) is 0 Å². The highest BCUT2D eigenvalue weighted by Crippen LogP contribution is 2.44. The number of hydrogen-bond donors (Lipinski definition) is 1. The third kappa shape index (κ3) is 3.00. The molecule has 2 aromatic heterocycles. The van der Waals surface area contributed by atoms with Crippen molar-refractivity contribution in [1.82, 2.24) is 19.3 Å². The maximum absolute atomic E-state index is 13.4. The molecule has 2 aromatic carbocycles. The van der Waals surface area contributed by atoms with E-state index in [1.54, 1.807) is 23.1 Å². The van der Waals surface area contributed by atoms with Gasteiger partial charge in [-0.2, -0.15) is 13.2 Å². The zero-order chi connectivity index (χ0) is 22.6. The maximum atomic E-state index is 13.4. The van der Waals surface area contributed by atoms with Gasteiger partial charge in [0.05, 0.1) is 17.9 Å². The Morgan fingerprint density at radius 3 is 2.47 bits per heavy atom. The van der Waals surface area contributed by atoms with E-state index < -0.39 is 17.9 Å². The standard InChI is InChI=1S/C23H18F3N5O/c1-13(14-7-3-2-4-8-14)31-19(15-9-5-6-10-16(15)22(31)32)17-11-28-21-20(27)29-18(12-30(17)21)23(24,25)26/h2-13,19H,1H3,(H2,27,29). The first kappa shape index (κ1) is 20.0. The number of carbonyl (C=O) groups is 1. The van der Waals surface area contributed by atoms with Crippen LogP contribution in [0, 0.1) is 0 Å². The summed E-state index contributed by atoms with van der Waals surface area (Å²) in [6.45, 7) is 1.90. The number of rotatable bonds is 3. The summed E-state index contributed by atoms with van der Waals surface area (Å²) in [5.74, 6) is -0.527. The van der Waals surface area contributed by atoms with Gasteiger partial charge in [0.15, 0.2) is 17.2 Å². The number of benzene rings is 2. The predicted molar refractivity (Wildman–Crippen MR) is 112 cm³/mol. The van der Waals surface area contributed by atoms with Crippen LogP contribution < -0.4 is 5.73 Å². The van der Waals surface area contributed by atoms with E-state index in [0.29, 0.717) is 16.8 Å². The number of nitrogens with two attached hydrogens (primary N) is 1. The number of nitrogens with zero attached hydrogens (tertiary/aromatic N) is 4. The largest absolute Gasteiger partial charge is 0.434 e. The van der Waals surface area contributed by atoms with E-state index in [1.165, 1.54) is 10.6 Å². The van der Waals surface area contributed by atoms with Crippen molar-refractivity contribution in [3.05, 3.63) is 95.1 Å². The van der Waals surface area contributed by atoms with Gasteiger partial charge in [-0.15, -0.1) is 0 Å². The maximum Gasteiger partial charge on any atom is 0.434 e. The minimum atomic E-state index is -4.68. The molecule has 3 heterocycles. The van der Waals surface area contributed by atoms with Crippen LogP contribution in [0.4, 0.5) is 19.0 Å². The fraction of sp³-hybridized carbons (Fsp3) is 0.174. The van der Waals surface area contributed by atoms with Crippen molar-refractivity contribution in [2.24, 2.45) is 0 Å². The second-order valence-electron chi connectivity index (χ2n) is 7.67. The van der Waals surface area contributed by atoms with Crippen LogP contribution in [0.1, 0.15) is 51.9 Å². The van der Waals surface area contributed by atoms with E-state index in [0.717, 1.165) is 11.8 Å². The molecule has 2 atom stereocenters. The fourth-order valence-electron chi connectivity index (χ4n) is 4.30. The number of anilines is 1. The molecule has 162 valence electrons. The molecule has 32 heavy (non-hydrogen) atoms. The van der Waals surface area contributed by atoms with Crippen LogP contribution >= 0.6 is 0 Å². The monoisotopic (exact) mass is 437 g/mol. The Balaban J connectivity index is 1.73. The van der Waals surface area contributed by atoms with Crippen molar-refractivity contribution in [2.75, 3.05) is 5.73 Å². The minimum Gasteiger partial charge on any atom is -0.381 e. The van der Waals surface area contributed by atoms with Crippen LogP contribution in [0.5, 0.6) is 0 Å². The lowest BCUT2D eigenvalue weighted by Gasteiger charge is -2.31. The molecule has 0 radical (unpaired) electrons. The first-order valence-electron chi connectivity index (χ1n) is 9.94. The molecule has 9 heteroatoms. The zero-order valence-electron chi connectivity index (χ0n) is 16.9. The van der Waals surface area contributed by atoms with Crippen LogP contribution in [0.3, 0.4) is 0 Å². The third-order valence-electron chi connectivity index (χ3n) is 5.82. The van der Waals surface area contributed by atoms with E-state index in [1.807, 2.05) is 43.3 Å². The van der Waals surface area contributed by atoms with E-state index in [9.17, 15) is 18.0 Å². The second kappa shape index (κ2) is 7.08. The summed E-state index contributed by atoms with van der Waals surface area (Å²) < 4.78 is 41.6. The first-order valence-corrected chi connectivity index (χ1v) is 9.94. The Labute approximate surface area is 181 Å². The Kier molecular flexibility index (Phi) is 4.44. The van der Waals surface area contributed by atoms with Crippen molar-refractivity contribution < 1.29 is 18.0 Å². The average Bonchev–Trinajstić information content (AvgIpc) is 3.32. The fourth-order valence-corrected chi connectivity index (χ4v) is 4.30. The molecule has 0 saturated heterocycles. The number of amides is 1. The number of halogens is 3. The number of fused-ring (bicyclic) bond motifs is 2. The number of nitrogen functional groups attached to an aromatic ring is 1. The van der Waals surface area contributed by atoms with Crippen molar-refractivity contribution in [3.63, 3.8) is 0 Å². The molecule has 0 fully saturated rings. The van der Waals surface area contributed by atoms with E-state index in [4.69, 9.17) is 5.73 Å². The van der Waals surface area contributed by atoms with Gasteiger partial charge in [0.1, 0.15) is 6.04 Å². The lowest BCUT2D eigenvalue weighted by molar-refractivity contribution is -0.141. The minimum absolute atomic E-state index is 0.108. The van der Waals surface area contributed by atoms with Crippen LogP contribution in [0.2, 0.25) is 0 Å². The van der Waals surface area contributed by atoms with Crippen LogP contribution in [0.15, 0.2) is 67.0 Å². The molecule has 5 rings (SSSR count). The number of aromatic nitrogens is 3. The van der Waals surface area contributed by atoms with Crippen molar-refractivity contribution >= 4 is 17.4 Å². The normalized spacial score (nSPS) is 17.1. The highest BCUT2D eigenvalue weighted by atomic mass is 19.4. The van der Waals surface area contributed by atoms with Gasteiger partial charge in [0.2, 0.25) is 0 Å². The van der Waals surface area contributed by atoms with Gasteiger partial charge in [0, 0.05) is 11.8 Å². The summed E-state index contributed by atoms with van der Waals surface area (Å²) in [7, 11) is 0. The first-order chi connectivity index (χ1) is 15.3. The molecule has 2 N–H and O–H groups in total. The zero-order valence-corrected chi connectivity index (χ0v) is 16.9. The predicted octanol–water partition coefficient (Wildman–Crippen LogP) is 4.64. The summed E-state index contributed by atoms with van der Waals surface area (Å²) in [6, 6.07) is 15.6. The van der Waals surface area contributed by atoms with E-state index in [2.05, 4.69) is 9.97 Å². The molecule has 0 spiro atoms. The average molecular weight is 437 g/mol. The molecule has 1 aliphatic rings. The molecule has 1 amide bonds. The summed E-state index contributed by atoms with van der Waals surface area (Å²) in [5, 5.41) is 0. The van der Waals surface area contributed by atoms with Gasteiger partial charge in [-0.05, 0) is 24.1 Å². The van der Waals surface area contributed by atoms with E-state index >= 15 is 0 Å². The molecular formula is C23H18F3N5O. The summed E-state index contributed by atoms with van der Waals surface area (Å²) >= 11 is 0. The smallest absolute Gasteiger partial charge is 0.381 e. The highest BCUT2D eigenvalue weighted by Gasteiger charge is 2.42. The number of imidazole rings is 1. The van der Waals surface area contributed by atoms with Crippen LogP contribution in [0.25, 0.3) is 5.65 Å². The molecule has 2 unspecified atom stereocenters. The van der Waals surface area contributed by atoms with Crippen LogP contribution in [-0.4, -0.2) is 25.2 Å². The lowest BCUT2D eigenvalue weighted by Crippen LogP contribution is -2.32. The summed E-state index contributed by atoms with van der Waals surface area (Å²) in [4.78, 5) is 22.8. The number of carbonyl (C=O) groups excluding carboxylic acids is 1. The summed E-state index contributed by atoms with van der Waals surface area (Å²) in [5.41, 5.74) is 7.30. The molecule has 0 saturated carbocycles. The van der Waals surface area contributed by atoms with Gasteiger partial charge in [-0.25, -0.2) is 9.97 Å². The third-order valence-corrected chi connectivity index (χ3v) is 5.82. The molecular weight excluding hydrogens is 419 g/mol. The van der Waals surface area contributed by atoms with Crippen LogP contribution in [-0.2, 0) is 6.18 Å². The Hall–Kier alpha value is -3.88. The number of hydrogen-bond acceptors (Lipinski definition) is 4. The Bertz CT molecular complexity index is 1330. The lowest BCUT2D eigenvalue weighted by atomic mass is 10.0. The highest BCUT2D eigenvalue weighted by molar-refractivity contribution is 6.00. The Morgan fingerprint density at radius 1 is 1.06 bits per heavy atom. The molecule has 6 nitrogen and oxygen atoms in total. The van der Waals surface area contributed by atoms with Gasteiger partial charge in [-0.3, -0.25) is 9.20 Å². The summed E-state index contributed by atoms with van der Waals surface area (Å²) in [6.07, 6.45) is -2.34. The molecule has 4 aromatic rings. The second-order valence-corrected chi connectivity index (χ2v) is 7.67. The molecule has 1 aliphatic heterocycles.